The Morgan fingerprint density at radius 1 is 0.969 bits per heavy atom. The average molecular weight is 440 g/mol. The number of thiazole rings is 1. The van der Waals surface area contributed by atoms with Gasteiger partial charge in [-0.2, -0.15) is 10.1 Å². The Kier molecular flexibility index (Phi) is 5.21. The maximum Gasteiger partial charge on any atom is 0.280 e. The van der Waals surface area contributed by atoms with E-state index in [1.807, 2.05) is 61.5 Å². The number of hydrazone groups is 1. The van der Waals surface area contributed by atoms with Gasteiger partial charge < -0.3 is 0 Å². The lowest BCUT2D eigenvalue weighted by atomic mass is 10.1. The first-order chi connectivity index (χ1) is 15.6. The van der Waals surface area contributed by atoms with Gasteiger partial charge in [-0.3, -0.25) is 4.79 Å². The molecule has 0 aliphatic carbocycles. The number of amides is 1. The third kappa shape index (κ3) is 4.00. The highest BCUT2D eigenvalue weighted by Gasteiger charge is 2.21. The number of rotatable bonds is 4. The van der Waals surface area contributed by atoms with E-state index in [0.717, 1.165) is 26.6 Å². The molecule has 156 valence electrons. The maximum atomic E-state index is 13.5. The topological polar surface area (TPSA) is 45.6 Å². The van der Waals surface area contributed by atoms with Crippen molar-refractivity contribution < 1.29 is 9.18 Å². The Labute approximate surface area is 188 Å². The van der Waals surface area contributed by atoms with E-state index in [0.29, 0.717) is 16.3 Å². The minimum atomic E-state index is -0.326. The monoisotopic (exact) mass is 439 g/mol. The normalized spacial score (nSPS) is 11.4. The molecule has 0 unspecified atom stereocenters. The van der Waals surface area contributed by atoms with Crippen molar-refractivity contribution in [2.45, 2.75) is 6.92 Å². The number of aromatic nitrogens is 1. The summed E-state index contributed by atoms with van der Waals surface area (Å²) in [5.41, 5.74) is 3.12. The van der Waals surface area contributed by atoms with Crippen LogP contribution in [0, 0.1) is 12.7 Å². The molecule has 0 fully saturated rings. The van der Waals surface area contributed by atoms with Crippen molar-refractivity contribution in [1.82, 2.24) is 4.98 Å². The van der Waals surface area contributed by atoms with Gasteiger partial charge in [-0.15, -0.1) is 0 Å². The van der Waals surface area contributed by atoms with Gasteiger partial charge in [0.1, 0.15) is 5.82 Å². The zero-order valence-electron chi connectivity index (χ0n) is 17.2. The zero-order valence-corrected chi connectivity index (χ0v) is 18.0. The Morgan fingerprint density at radius 3 is 2.56 bits per heavy atom. The van der Waals surface area contributed by atoms with Crippen molar-refractivity contribution in [2.75, 3.05) is 5.01 Å². The fraction of sp³-hybridized carbons (Fsp3) is 0.0385. The number of carbonyl (C=O) groups is 1. The van der Waals surface area contributed by atoms with Gasteiger partial charge in [0, 0.05) is 5.56 Å². The smallest absolute Gasteiger partial charge is 0.267 e. The third-order valence-corrected chi connectivity index (χ3v) is 6.09. The predicted octanol–water partition coefficient (Wildman–Crippen LogP) is 6.58. The molecule has 0 saturated carbocycles. The van der Waals surface area contributed by atoms with Crippen LogP contribution < -0.4 is 5.01 Å². The Morgan fingerprint density at radius 2 is 1.75 bits per heavy atom. The lowest BCUT2D eigenvalue weighted by Gasteiger charge is -2.14. The van der Waals surface area contributed by atoms with Crippen molar-refractivity contribution in [2.24, 2.45) is 5.10 Å². The Bertz CT molecular complexity index is 1470. The first kappa shape index (κ1) is 20.0. The van der Waals surface area contributed by atoms with E-state index in [1.165, 1.54) is 34.7 Å². The summed E-state index contributed by atoms with van der Waals surface area (Å²) >= 11 is 1.40. The van der Waals surface area contributed by atoms with Crippen LogP contribution in [0.1, 0.15) is 21.5 Å². The summed E-state index contributed by atoms with van der Waals surface area (Å²) in [7, 11) is 0. The number of anilines is 1. The first-order valence-electron chi connectivity index (χ1n) is 10.1. The van der Waals surface area contributed by atoms with Crippen LogP contribution in [0.3, 0.4) is 0 Å². The standard InChI is InChI=1S/C26H18FN3OS/c1-17-6-13-23-24(14-17)32-26(29-23)30(28-16-18-7-11-22(27)12-8-18)25(31)21-10-9-19-4-2-3-5-20(19)15-21/h2-16H,1H3/b28-16+. The molecule has 0 aliphatic heterocycles. The first-order valence-corrected chi connectivity index (χ1v) is 10.9. The minimum absolute atomic E-state index is 0.287. The van der Waals surface area contributed by atoms with Crippen LogP contribution in [-0.4, -0.2) is 17.1 Å². The number of carbonyl (C=O) groups excluding carboxylic acids is 1. The highest BCUT2D eigenvalue weighted by atomic mass is 32.1. The molecule has 5 aromatic rings. The number of hydrogen-bond donors (Lipinski definition) is 0. The van der Waals surface area contributed by atoms with E-state index >= 15 is 0 Å². The molecule has 1 aromatic heterocycles. The van der Waals surface area contributed by atoms with Gasteiger partial charge in [0.05, 0.1) is 16.4 Å². The maximum absolute atomic E-state index is 13.5. The van der Waals surface area contributed by atoms with Crippen LogP contribution >= 0.6 is 11.3 Å². The summed E-state index contributed by atoms with van der Waals surface area (Å²) in [4.78, 5) is 18.2. The van der Waals surface area contributed by atoms with E-state index in [9.17, 15) is 9.18 Å². The zero-order chi connectivity index (χ0) is 22.1. The lowest BCUT2D eigenvalue weighted by Crippen LogP contribution is -2.25. The molecular weight excluding hydrogens is 421 g/mol. The van der Waals surface area contributed by atoms with Crippen LogP contribution in [0.4, 0.5) is 9.52 Å². The van der Waals surface area contributed by atoms with Crippen molar-refractivity contribution in [3.63, 3.8) is 0 Å². The molecule has 0 atom stereocenters. The van der Waals surface area contributed by atoms with E-state index in [1.54, 1.807) is 18.2 Å². The number of aryl methyl sites for hydroxylation is 1. The average Bonchev–Trinajstić information content (AvgIpc) is 3.22. The fourth-order valence-corrected chi connectivity index (χ4v) is 4.44. The van der Waals surface area contributed by atoms with Gasteiger partial charge in [0.2, 0.25) is 5.13 Å². The number of hydrogen-bond acceptors (Lipinski definition) is 4. The SMILES string of the molecule is Cc1ccc2nc(N(/N=C/c3ccc(F)cc3)C(=O)c3ccc4ccccc4c3)sc2c1. The lowest BCUT2D eigenvalue weighted by molar-refractivity contribution is 0.0988. The van der Waals surface area contributed by atoms with Crippen LogP contribution in [0.2, 0.25) is 0 Å². The van der Waals surface area contributed by atoms with Crippen molar-refractivity contribution in [3.8, 4) is 0 Å². The number of benzene rings is 4. The number of halogens is 1. The third-order valence-electron chi connectivity index (χ3n) is 5.09. The van der Waals surface area contributed by atoms with E-state index in [4.69, 9.17) is 0 Å². The summed E-state index contributed by atoms with van der Waals surface area (Å²) in [6.45, 7) is 2.02. The Balaban J connectivity index is 1.58. The van der Waals surface area contributed by atoms with Crippen LogP contribution in [0.25, 0.3) is 21.0 Å². The molecule has 32 heavy (non-hydrogen) atoms. The molecule has 5 rings (SSSR count). The van der Waals surface area contributed by atoms with Crippen LogP contribution in [0.5, 0.6) is 0 Å². The fourth-order valence-electron chi connectivity index (χ4n) is 3.42. The summed E-state index contributed by atoms with van der Waals surface area (Å²) < 4.78 is 14.2. The Hall–Kier alpha value is -3.90. The van der Waals surface area contributed by atoms with Crippen LogP contribution in [0.15, 0.2) is 90.0 Å². The molecule has 0 saturated heterocycles. The molecule has 4 aromatic carbocycles. The number of fused-ring (bicyclic) bond motifs is 2. The van der Waals surface area contributed by atoms with Gasteiger partial charge in [-0.25, -0.2) is 9.37 Å². The minimum Gasteiger partial charge on any atom is -0.267 e. The summed E-state index contributed by atoms with van der Waals surface area (Å²) in [5, 5.41) is 8.27. The molecule has 0 N–H and O–H groups in total. The molecular formula is C26H18FN3OS. The molecule has 6 heteroatoms. The molecule has 1 amide bonds. The van der Waals surface area contributed by atoms with Gasteiger partial charge in [-0.05, 0) is 65.2 Å². The summed E-state index contributed by atoms with van der Waals surface area (Å²) in [6, 6.07) is 25.4. The van der Waals surface area contributed by atoms with Gasteiger partial charge in [0.25, 0.3) is 5.91 Å². The molecule has 0 spiro atoms. The second kappa shape index (κ2) is 8.32. The predicted molar refractivity (Wildman–Crippen MR) is 129 cm³/mol. The van der Waals surface area contributed by atoms with Gasteiger partial charge >= 0.3 is 0 Å². The highest BCUT2D eigenvalue weighted by molar-refractivity contribution is 7.22. The molecule has 0 aliphatic rings. The second-order valence-electron chi connectivity index (χ2n) is 7.44. The van der Waals surface area contributed by atoms with Crippen molar-refractivity contribution in [1.29, 1.82) is 0 Å². The largest absolute Gasteiger partial charge is 0.280 e. The van der Waals surface area contributed by atoms with Crippen LogP contribution in [-0.2, 0) is 0 Å². The van der Waals surface area contributed by atoms with Crippen molar-refractivity contribution >= 4 is 49.6 Å². The van der Waals surface area contributed by atoms with E-state index < -0.39 is 0 Å². The molecule has 0 radical (unpaired) electrons. The van der Waals surface area contributed by atoms with E-state index in [-0.39, 0.29) is 11.7 Å². The summed E-state index contributed by atoms with van der Waals surface area (Å²) in [6.07, 6.45) is 1.54. The quantitative estimate of drug-likeness (QED) is 0.235. The highest BCUT2D eigenvalue weighted by Crippen LogP contribution is 2.31. The number of nitrogens with zero attached hydrogens (tertiary/aromatic N) is 3. The molecule has 0 bridgehead atoms. The van der Waals surface area contributed by atoms with Gasteiger partial charge in [0.15, 0.2) is 0 Å². The molecule has 1 heterocycles. The molecule has 4 nitrogen and oxygen atoms in total. The summed E-state index contributed by atoms with van der Waals surface area (Å²) in [5.74, 6) is -0.613. The second-order valence-corrected chi connectivity index (χ2v) is 8.45. The van der Waals surface area contributed by atoms with E-state index in [2.05, 4.69) is 10.1 Å². The van der Waals surface area contributed by atoms with Crippen molar-refractivity contribution in [3.05, 3.63) is 107 Å². The van der Waals surface area contributed by atoms with Gasteiger partial charge in [-0.1, -0.05) is 59.9 Å².